The molecule has 0 N–H and O–H groups in total. The van der Waals surface area contributed by atoms with Gasteiger partial charge in [0.1, 0.15) is 0 Å². The monoisotopic (exact) mass is 104 g/mol. The van der Waals surface area contributed by atoms with Crippen LogP contribution in [0.4, 0.5) is 0 Å². The fourth-order valence-electron chi connectivity index (χ4n) is 0.142. The van der Waals surface area contributed by atoms with Gasteiger partial charge in [0.15, 0.2) is 11.2 Å². The second kappa shape index (κ2) is 0.978. The highest BCUT2D eigenvalue weighted by molar-refractivity contribution is 7.82. The maximum atomic E-state index is 9.69. The van der Waals surface area contributed by atoms with Gasteiger partial charge in [-0.3, -0.25) is 4.79 Å². The standard InChI is InChI=1S/C3H4O2S/c4-1-3(6)2-5-3/h1,6H,2H2. The van der Waals surface area contributed by atoms with Crippen LogP contribution in [0, 0.1) is 0 Å². The largest absolute Gasteiger partial charge is 0.351 e. The summed E-state index contributed by atoms with van der Waals surface area (Å²) >= 11 is 3.78. The predicted octanol–water partition coefficient (Wildman–Crippen LogP) is -0.158. The van der Waals surface area contributed by atoms with Crippen molar-refractivity contribution in [3.63, 3.8) is 0 Å². The quantitative estimate of drug-likeness (QED) is 0.284. The van der Waals surface area contributed by atoms with Crippen LogP contribution >= 0.6 is 12.6 Å². The topological polar surface area (TPSA) is 29.6 Å². The molecule has 1 aliphatic rings. The van der Waals surface area contributed by atoms with Gasteiger partial charge in [-0.2, -0.15) is 0 Å². The Hall–Kier alpha value is -0.0200. The van der Waals surface area contributed by atoms with Gasteiger partial charge in [0.2, 0.25) is 0 Å². The molecule has 3 heteroatoms. The van der Waals surface area contributed by atoms with E-state index in [2.05, 4.69) is 17.4 Å². The van der Waals surface area contributed by atoms with Crippen LogP contribution in [0.1, 0.15) is 0 Å². The highest BCUT2D eigenvalue weighted by Gasteiger charge is 2.40. The van der Waals surface area contributed by atoms with Crippen molar-refractivity contribution in [2.24, 2.45) is 0 Å². The van der Waals surface area contributed by atoms with Gasteiger partial charge in [-0.05, 0) is 0 Å². The van der Waals surface area contributed by atoms with Crippen molar-refractivity contribution in [2.45, 2.75) is 4.93 Å². The Morgan fingerprint density at radius 3 is 2.50 bits per heavy atom. The third-order valence-corrected chi connectivity index (χ3v) is 0.988. The molecule has 0 aromatic heterocycles. The molecule has 0 aliphatic carbocycles. The van der Waals surface area contributed by atoms with Crippen molar-refractivity contribution < 1.29 is 9.53 Å². The molecule has 1 fully saturated rings. The Morgan fingerprint density at radius 2 is 2.50 bits per heavy atom. The number of hydrogen-bond donors (Lipinski definition) is 1. The van der Waals surface area contributed by atoms with Crippen molar-refractivity contribution in [2.75, 3.05) is 6.61 Å². The highest BCUT2D eigenvalue weighted by Crippen LogP contribution is 2.27. The van der Waals surface area contributed by atoms with Crippen LogP contribution in [0.3, 0.4) is 0 Å². The van der Waals surface area contributed by atoms with E-state index in [0.29, 0.717) is 12.9 Å². The van der Waals surface area contributed by atoms with Crippen molar-refractivity contribution >= 4 is 18.9 Å². The predicted molar refractivity (Wildman–Crippen MR) is 23.7 cm³/mol. The van der Waals surface area contributed by atoms with E-state index in [4.69, 9.17) is 0 Å². The van der Waals surface area contributed by atoms with Crippen LogP contribution in [0.15, 0.2) is 0 Å². The second-order valence-electron chi connectivity index (χ2n) is 1.25. The summed E-state index contributed by atoms with van der Waals surface area (Å²) in [5, 5.41) is 0. The van der Waals surface area contributed by atoms with Crippen molar-refractivity contribution in [1.82, 2.24) is 0 Å². The molecule has 1 aliphatic heterocycles. The maximum absolute atomic E-state index is 9.69. The summed E-state index contributed by atoms with van der Waals surface area (Å²) < 4.78 is 4.54. The molecule has 1 unspecified atom stereocenters. The summed E-state index contributed by atoms with van der Waals surface area (Å²) in [4.78, 5) is 8.99. The summed E-state index contributed by atoms with van der Waals surface area (Å²) in [6.45, 7) is 0.472. The van der Waals surface area contributed by atoms with Crippen LogP contribution in [0.25, 0.3) is 0 Å². The van der Waals surface area contributed by atoms with E-state index in [0.717, 1.165) is 0 Å². The minimum absolute atomic E-state index is 0.472. The number of carbonyl (C=O) groups is 1. The molecule has 1 heterocycles. The Labute approximate surface area is 40.9 Å². The first-order valence-electron chi connectivity index (χ1n) is 1.59. The summed E-state index contributed by atoms with van der Waals surface area (Å²) in [5.41, 5.74) is 0. The van der Waals surface area contributed by atoms with Crippen molar-refractivity contribution in [1.29, 1.82) is 0 Å². The number of hydrogen-bond acceptors (Lipinski definition) is 3. The zero-order chi connectivity index (χ0) is 4.62. The van der Waals surface area contributed by atoms with E-state index in [-0.39, 0.29) is 0 Å². The van der Waals surface area contributed by atoms with Crippen LogP contribution in [-0.2, 0) is 9.53 Å². The fraction of sp³-hybridized carbons (Fsp3) is 0.667. The zero-order valence-corrected chi connectivity index (χ0v) is 3.94. The summed E-state index contributed by atoms with van der Waals surface area (Å²) in [7, 11) is 0. The second-order valence-corrected chi connectivity index (χ2v) is 2.01. The van der Waals surface area contributed by atoms with Gasteiger partial charge in [-0.15, -0.1) is 12.6 Å². The molecule has 0 aromatic carbocycles. The first-order valence-corrected chi connectivity index (χ1v) is 2.04. The highest BCUT2D eigenvalue weighted by atomic mass is 32.1. The Balaban J connectivity index is 2.47. The summed E-state index contributed by atoms with van der Waals surface area (Å²) in [5.74, 6) is 0. The van der Waals surface area contributed by atoms with E-state index < -0.39 is 4.93 Å². The third kappa shape index (κ3) is 0.555. The van der Waals surface area contributed by atoms with Crippen LogP contribution in [0.5, 0.6) is 0 Å². The minimum atomic E-state index is -0.694. The molecule has 1 atom stereocenters. The third-order valence-electron chi connectivity index (χ3n) is 0.624. The average Bonchev–Trinajstić information content (AvgIpc) is 2.22. The molecule has 34 valence electrons. The lowest BCUT2D eigenvalue weighted by atomic mass is 10.5. The Bertz CT molecular complexity index is 76.9. The molecule has 1 saturated heterocycles. The lowest BCUT2D eigenvalue weighted by Gasteiger charge is -1.80. The minimum Gasteiger partial charge on any atom is -0.351 e. The molecule has 1 rings (SSSR count). The molecule has 2 nitrogen and oxygen atoms in total. The molecule has 0 aromatic rings. The van der Waals surface area contributed by atoms with Crippen molar-refractivity contribution in [3.8, 4) is 0 Å². The smallest absolute Gasteiger partial charge is 0.189 e. The Kier molecular flexibility index (Phi) is 0.676. The SMILES string of the molecule is O=CC1(S)CO1. The van der Waals surface area contributed by atoms with Gasteiger partial charge >= 0.3 is 0 Å². The zero-order valence-electron chi connectivity index (χ0n) is 3.05. The molecule has 0 radical (unpaired) electrons. The number of thiol groups is 1. The number of aldehydes is 1. The number of ether oxygens (including phenoxy) is 1. The van der Waals surface area contributed by atoms with Crippen LogP contribution in [0.2, 0.25) is 0 Å². The van der Waals surface area contributed by atoms with Gasteiger partial charge in [-0.25, -0.2) is 0 Å². The summed E-state index contributed by atoms with van der Waals surface area (Å²) in [6.07, 6.45) is 0.691. The van der Waals surface area contributed by atoms with E-state index in [1.807, 2.05) is 0 Å². The lowest BCUT2D eigenvalue weighted by Crippen LogP contribution is -1.98. The van der Waals surface area contributed by atoms with Crippen molar-refractivity contribution in [3.05, 3.63) is 0 Å². The van der Waals surface area contributed by atoms with Crippen LogP contribution < -0.4 is 0 Å². The van der Waals surface area contributed by atoms with Gasteiger partial charge in [0, 0.05) is 0 Å². The average molecular weight is 104 g/mol. The van der Waals surface area contributed by atoms with Gasteiger partial charge in [0.05, 0.1) is 6.61 Å². The Morgan fingerprint density at radius 1 is 2.00 bits per heavy atom. The molecule has 6 heavy (non-hydrogen) atoms. The molecule has 0 bridgehead atoms. The normalized spacial score (nSPS) is 42.2. The van der Waals surface area contributed by atoms with E-state index >= 15 is 0 Å². The van der Waals surface area contributed by atoms with Crippen LogP contribution in [-0.4, -0.2) is 17.8 Å². The van der Waals surface area contributed by atoms with Gasteiger partial charge in [-0.1, -0.05) is 0 Å². The number of carbonyl (C=O) groups excluding carboxylic acids is 1. The molecule has 0 spiro atoms. The van der Waals surface area contributed by atoms with Gasteiger partial charge in [0.25, 0.3) is 0 Å². The fourth-order valence-corrected chi connectivity index (χ4v) is 0.207. The van der Waals surface area contributed by atoms with E-state index in [9.17, 15) is 4.79 Å². The first-order chi connectivity index (χ1) is 2.77. The maximum Gasteiger partial charge on any atom is 0.189 e. The summed E-state index contributed by atoms with van der Waals surface area (Å²) in [6, 6.07) is 0. The molecule has 0 amide bonds. The van der Waals surface area contributed by atoms with E-state index in [1.165, 1.54) is 0 Å². The molecule has 0 saturated carbocycles. The molecular weight excluding hydrogens is 100 g/mol. The van der Waals surface area contributed by atoms with E-state index in [1.54, 1.807) is 0 Å². The lowest BCUT2D eigenvalue weighted by molar-refractivity contribution is -0.109. The first kappa shape index (κ1) is 4.15. The molecular formula is C3H4O2S. The van der Waals surface area contributed by atoms with Gasteiger partial charge < -0.3 is 4.74 Å². The number of rotatable bonds is 1. The number of epoxide rings is 1.